The molecule has 1 amide bonds. The second kappa shape index (κ2) is 7.72. The van der Waals surface area contributed by atoms with Crippen LogP contribution >= 0.6 is 0 Å². The molecule has 0 aliphatic rings. The quantitative estimate of drug-likeness (QED) is 0.737. The molecule has 0 aliphatic carbocycles. The summed E-state index contributed by atoms with van der Waals surface area (Å²) in [7, 11) is 1.52. The molecule has 3 aromatic rings. The standard InChI is InChI=1S/C21H23N3O4/c1-13(2)24-20(26)15-7-5-6-8-17(15)23(21(24)27)12-19(25)22-16-11-14(3)9-10-18(16)28-4/h5-11,13H,12H2,1-4H3,(H,22,25). The smallest absolute Gasteiger partial charge is 0.332 e. The number of nitrogens with zero attached hydrogens (tertiary/aromatic N) is 2. The summed E-state index contributed by atoms with van der Waals surface area (Å²) in [5, 5.41) is 3.19. The molecule has 0 spiro atoms. The molecular weight excluding hydrogens is 358 g/mol. The topological polar surface area (TPSA) is 82.3 Å². The summed E-state index contributed by atoms with van der Waals surface area (Å²) < 4.78 is 7.78. The fourth-order valence-corrected chi connectivity index (χ4v) is 3.20. The number of fused-ring (bicyclic) bond motifs is 1. The first-order valence-corrected chi connectivity index (χ1v) is 9.02. The number of hydrogen-bond donors (Lipinski definition) is 1. The van der Waals surface area contributed by atoms with Gasteiger partial charge in [0.25, 0.3) is 5.56 Å². The molecule has 0 saturated heterocycles. The Bertz CT molecular complexity index is 1160. The van der Waals surface area contributed by atoms with Crippen molar-refractivity contribution in [1.82, 2.24) is 9.13 Å². The van der Waals surface area contributed by atoms with Crippen molar-refractivity contribution in [3.8, 4) is 5.75 Å². The Hall–Kier alpha value is -3.35. The largest absolute Gasteiger partial charge is 0.495 e. The van der Waals surface area contributed by atoms with E-state index in [4.69, 9.17) is 4.74 Å². The number of carbonyl (C=O) groups excluding carboxylic acids is 1. The lowest BCUT2D eigenvalue weighted by Gasteiger charge is -2.16. The number of nitrogens with one attached hydrogen (secondary N) is 1. The van der Waals surface area contributed by atoms with Gasteiger partial charge >= 0.3 is 5.69 Å². The molecule has 146 valence electrons. The molecule has 0 unspecified atom stereocenters. The Morgan fingerprint density at radius 2 is 1.86 bits per heavy atom. The molecule has 0 fully saturated rings. The highest BCUT2D eigenvalue weighted by Crippen LogP contribution is 2.25. The van der Waals surface area contributed by atoms with Crippen LogP contribution in [0.3, 0.4) is 0 Å². The van der Waals surface area contributed by atoms with Gasteiger partial charge in [0.2, 0.25) is 5.91 Å². The third-order valence-electron chi connectivity index (χ3n) is 4.53. The van der Waals surface area contributed by atoms with E-state index in [0.29, 0.717) is 22.3 Å². The van der Waals surface area contributed by atoms with E-state index in [0.717, 1.165) is 5.56 Å². The lowest BCUT2D eigenvalue weighted by molar-refractivity contribution is -0.116. The fraction of sp³-hybridized carbons (Fsp3) is 0.286. The van der Waals surface area contributed by atoms with Gasteiger partial charge in [0.05, 0.1) is 23.7 Å². The summed E-state index contributed by atoms with van der Waals surface area (Å²) >= 11 is 0. The van der Waals surface area contributed by atoms with E-state index in [1.54, 1.807) is 50.2 Å². The Balaban J connectivity index is 2.05. The van der Waals surface area contributed by atoms with Gasteiger partial charge in [-0.1, -0.05) is 18.2 Å². The Kier molecular flexibility index (Phi) is 5.35. The summed E-state index contributed by atoms with van der Waals surface area (Å²) in [5.74, 6) is 0.147. The number of aryl methyl sites for hydroxylation is 1. The van der Waals surface area contributed by atoms with E-state index in [2.05, 4.69) is 5.32 Å². The number of anilines is 1. The van der Waals surface area contributed by atoms with Crippen LogP contribution in [0.5, 0.6) is 5.75 Å². The number of methoxy groups -OCH3 is 1. The van der Waals surface area contributed by atoms with Crippen molar-refractivity contribution >= 4 is 22.5 Å². The van der Waals surface area contributed by atoms with Gasteiger partial charge in [-0.25, -0.2) is 4.79 Å². The molecule has 0 radical (unpaired) electrons. The Morgan fingerprint density at radius 1 is 1.14 bits per heavy atom. The van der Waals surface area contributed by atoms with E-state index < -0.39 is 5.69 Å². The lowest BCUT2D eigenvalue weighted by Crippen LogP contribution is -2.42. The number of hydrogen-bond acceptors (Lipinski definition) is 4. The maximum Gasteiger partial charge on any atom is 0.332 e. The number of ether oxygens (including phenoxy) is 1. The minimum Gasteiger partial charge on any atom is -0.495 e. The van der Waals surface area contributed by atoms with Gasteiger partial charge in [-0.15, -0.1) is 0 Å². The zero-order chi connectivity index (χ0) is 20.4. The first kappa shape index (κ1) is 19.4. The average molecular weight is 381 g/mol. The van der Waals surface area contributed by atoms with Crippen LogP contribution in [-0.4, -0.2) is 22.2 Å². The second-order valence-corrected chi connectivity index (χ2v) is 6.91. The van der Waals surface area contributed by atoms with Gasteiger partial charge in [-0.05, 0) is 50.6 Å². The van der Waals surface area contributed by atoms with Crippen molar-refractivity contribution in [3.63, 3.8) is 0 Å². The van der Waals surface area contributed by atoms with Crippen LogP contribution in [-0.2, 0) is 11.3 Å². The molecule has 0 saturated carbocycles. The number of amides is 1. The molecule has 7 heteroatoms. The predicted octanol–water partition coefficient (Wildman–Crippen LogP) is 2.70. The maximum atomic E-state index is 12.9. The third-order valence-corrected chi connectivity index (χ3v) is 4.53. The van der Waals surface area contributed by atoms with Crippen LogP contribution in [0.2, 0.25) is 0 Å². The molecule has 0 aliphatic heterocycles. The Labute approximate surface area is 162 Å². The Morgan fingerprint density at radius 3 is 2.54 bits per heavy atom. The van der Waals surface area contributed by atoms with Gasteiger partial charge in [-0.2, -0.15) is 0 Å². The van der Waals surface area contributed by atoms with E-state index in [1.165, 1.54) is 16.2 Å². The number of carbonyl (C=O) groups is 1. The van der Waals surface area contributed by atoms with Gasteiger partial charge < -0.3 is 10.1 Å². The van der Waals surface area contributed by atoms with Crippen LogP contribution in [0.1, 0.15) is 25.5 Å². The highest BCUT2D eigenvalue weighted by molar-refractivity contribution is 5.93. The van der Waals surface area contributed by atoms with Crippen LogP contribution in [0.4, 0.5) is 5.69 Å². The molecule has 7 nitrogen and oxygen atoms in total. The summed E-state index contributed by atoms with van der Waals surface area (Å²) in [6.07, 6.45) is 0. The summed E-state index contributed by atoms with van der Waals surface area (Å²) in [4.78, 5) is 38.3. The summed E-state index contributed by atoms with van der Waals surface area (Å²) in [6.45, 7) is 5.22. The number of rotatable bonds is 5. The van der Waals surface area contributed by atoms with Crippen molar-refractivity contribution in [3.05, 3.63) is 68.9 Å². The van der Waals surface area contributed by atoms with Crippen molar-refractivity contribution in [2.75, 3.05) is 12.4 Å². The molecule has 0 atom stereocenters. The second-order valence-electron chi connectivity index (χ2n) is 6.91. The predicted molar refractivity (Wildman–Crippen MR) is 109 cm³/mol. The number of aromatic nitrogens is 2. The molecular formula is C21H23N3O4. The SMILES string of the molecule is COc1ccc(C)cc1NC(=O)Cn1c(=O)n(C(C)C)c(=O)c2ccccc21. The van der Waals surface area contributed by atoms with E-state index in [1.807, 2.05) is 13.0 Å². The molecule has 1 heterocycles. The number of benzene rings is 2. The van der Waals surface area contributed by atoms with Crippen molar-refractivity contribution in [2.45, 2.75) is 33.4 Å². The third kappa shape index (κ3) is 3.55. The van der Waals surface area contributed by atoms with Gasteiger partial charge in [0.15, 0.2) is 0 Å². The van der Waals surface area contributed by atoms with Crippen LogP contribution in [0.15, 0.2) is 52.1 Å². The molecule has 3 rings (SSSR count). The highest BCUT2D eigenvalue weighted by Gasteiger charge is 2.17. The minimum absolute atomic E-state index is 0.219. The van der Waals surface area contributed by atoms with Crippen molar-refractivity contribution < 1.29 is 9.53 Å². The van der Waals surface area contributed by atoms with E-state index in [9.17, 15) is 14.4 Å². The van der Waals surface area contributed by atoms with Crippen LogP contribution in [0.25, 0.3) is 10.9 Å². The van der Waals surface area contributed by atoms with Crippen molar-refractivity contribution in [2.24, 2.45) is 0 Å². The normalized spacial score (nSPS) is 11.0. The van der Waals surface area contributed by atoms with E-state index >= 15 is 0 Å². The van der Waals surface area contributed by atoms with Crippen molar-refractivity contribution in [1.29, 1.82) is 0 Å². The summed E-state index contributed by atoms with van der Waals surface area (Å²) in [6, 6.07) is 11.9. The first-order valence-electron chi connectivity index (χ1n) is 9.02. The monoisotopic (exact) mass is 381 g/mol. The molecule has 1 N–H and O–H groups in total. The average Bonchev–Trinajstić information content (AvgIpc) is 2.65. The van der Waals surface area contributed by atoms with Crippen LogP contribution in [0, 0.1) is 6.92 Å². The van der Waals surface area contributed by atoms with Gasteiger partial charge in [0.1, 0.15) is 12.3 Å². The molecule has 1 aromatic heterocycles. The molecule has 28 heavy (non-hydrogen) atoms. The van der Waals surface area contributed by atoms with Crippen LogP contribution < -0.4 is 21.3 Å². The van der Waals surface area contributed by atoms with E-state index in [-0.39, 0.29) is 24.1 Å². The maximum absolute atomic E-state index is 12.9. The van der Waals surface area contributed by atoms with Gasteiger partial charge in [0, 0.05) is 6.04 Å². The molecule has 0 bridgehead atoms. The van der Waals surface area contributed by atoms with Gasteiger partial charge in [-0.3, -0.25) is 18.7 Å². The highest BCUT2D eigenvalue weighted by atomic mass is 16.5. The molecule has 2 aromatic carbocycles. The zero-order valence-corrected chi connectivity index (χ0v) is 16.4. The summed E-state index contributed by atoms with van der Waals surface area (Å²) in [5.41, 5.74) is 1.06. The first-order chi connectivity index (χ1) is 13.3. The lowest BCUT2D eigenvalue weighted by atomic mass is 10.2. The fourth-order valence-electron chi connectivity index (χ4n) is 3.20. The zero-order valence-electron chi connectivity index (χ0n) is 16.4. The minimum atomic E-state index is -0.509. The number of para-hydroxylation sites is 1.